The van der Waals surface area contributed by atoms with Crippen LogP contribution in [0, 0.1) is 0 Å². The lowest BCUT2D eigenvalue weighted by Gasteiger charge is -2.24. The van der Waals surface area contributed by atoms with Gasteiger partial charge in [-0.3, -0.25) is 9.69 Å². The number of halogens is 1. The Bertz CT molecular complexity index is 1230. The van der Waals surface area contributed by atoms with Gasteiger partial charge in [0.2, 0.25) is 18.9 Å². The molecule has 2 aromatic carbocycles. The van der Waals surface area contributed by atoms with Crippen molar-refractivity contribution in [3.8, 4) is 11.5 Å². The molecule has 8 nitrogen and oxygen atoms in total. The molecule has 1 atom stereocenters. The van der Waals surface area contributed by atoms with Crippen molar-refractivity contribution in [2.45, 2.75) is 6.23 Å². The Morgan fingerprint density at radius 3 is 2.81 bits per heavy atom. The molecule has 0 spiro atoms. The van der Waals surface area contributed by atoms with Gasteiger partial charge in [0.25, 0.3) is 0 Å². The molecule has 2 aliphatic rings. The number of para-hydroxylation sites is 1. The van der Waals surface area contributed by atoms with Crippen molar-refractivity contribution in [2.75, 3.05) is 19.8 Å². The fourth-order valence-corrected chi connectivity index (χ4v) is 3.92. The van der Waals surface area contributed by atoms with Crippen LogP contribution >= 0.6 is 11.6 Å². The van der Waals surface area contributed by atoms with E-state index < -0.39 is 18.1 Å². The molecule has 1 aromatic heterocycles. The van der Waals surface area contributed by atoms with Crippen LogP contribution in [0.4, 0.5) is 0 Å². The summed E-state index contributed by atoms with van der Waals surface area (Å²) in [6.45, 7) is 0.112. The van der Waals surface area contributed by atoms with Gasteiger partial charge in [-0.25, -0.2) is 4.79 Å². The van der Waals surface area contributed by atoms with Crippen molar-refractivity contribution < 1.29 is 28.5 Å². The van der Waals surface area contributed by atoms with E-state index in [0.717, 1.165) is 10.9 Å². The van der Waals surface area contributed by atoms with Gasteiger partial charge in [-0.1, -0.05) is 18.2 Å². The van der Waals surface area contributed by atoms with Crippen molar-refractivity contribution in [3.05, 3.63) is 65.5 Å². The third-order valence-corrected chi connectivity index (χ3v) is 5.43. The molecule has 1 unspecified atom stereocenters. The summed E-state index contributed by atoms with van der Waals surface area (Å²) in [4.78, 5) is 30.0. The molecule has 0 aliphatic carbocycles. The van der Waals surface area contributed by atoms with Crippen LogP contribution in [-0.2, 0) is 19.1 Å². The molecule has 1 amide bonds. The van der Waals surface area contributed by atoms with E-state index >= 15 is 0 Å². The largest absolute Gasteiger partial charge is 0.464 e. The summed E-state index contributed by atoms with van der Waals surface area (Å²) >= 11 is 5.89. The number of methoxy groups -OCH3 is 1. The number of nitrogens with zero attached hydrogens (tertiary/aromatic N) is 1. The molecule has 1 N–H and O–H groups in total. The van der Waals surface area contributed by atoms with Gasteiger partial charge in [0.1, 0.15) is 5.88 Å². The van der Waals surface area contributed by atoms with E-state index in [-0.39, 0.29) is 24.1 Å². The summed E-state index contributed by atoms with van der Waals surface area (Å²) in [6, 6.07) is 12.8. The van der Waals surface area contributed by atoms with Crippen molar-refractivity contribution in [3.63, 3.8) is 0 Å². The second kappa shape index (κ2) is 7.55. The molecule has 9 heteroatoms. The molecule has 2 aliphatic heterocycles. The van der Waals surface area contributed by atoms with E-state index in [9.17, 15) is 9.59 Å². The topological polar surface area (TPSA) is 90.1 Å². The van der Waals surface area contributed by atoms with Gasteiger partial charge in [-0.05, 0) is 24.3 Å². The average molecular weight is 441 g/mol. The summed E-state index contributed by atoms with van der Waals surface area (Å²) in [6.07, 6.45) is 0.799. The Labute approximate surface area is 181 Å². The first kappa shape index (κ1) is 19.3. The molecule has 3 aromatic rings. The van der Waals surface area contributed by atoms with Crippen LogP contribution in [-0.4, -0.2) is 41.5 Å². The molecule has 0 saturated heterocycles. The number of aromatic nitrogens is 1. The van der Waals surface area contributed by atoms with Crippen LogP contribution in [0.25, 0.3) is 16.7 Å². The van der Waals surface area contributed by atoms with Crippen molar-refractivity contribution in [1.29, 1.82) is 0 Å². The zero-order valence-electron chi connectivity index (χ0n) is 16.4. The number of carbonyl (C=O) groups excluding carboxylic acids is 2. The zero-order chi connectivity index (χ0) is 21.5. The summed E-state index contributed by atoms with van der Waals surface area (Å²) in [7, 11) is 1.25. The van der Waals surface area contributed by atoms with Gasteiger partial charge in [0.05, 0.1) is 7.11 Å². The monoisotopic (exact) mass is 440 g/mol. The standard InChI is InChI=1S/C22H17ClN2O6/c1-28-22(27)19-20(14-10-24-15-5-3-2-4-13(14)15)31-21(25(19)18(26)9-23)12-6-7-16-17(8-12)30-11-29-16/h2-8,10,21,24H,9,11H2,1H3. The molecule has 0 radical (unpaired) electrons. The minimum atomic E-state index is -0.932. The first-order chi connectivity index (χ1) is 15.1. The molecule has 0 fully saturated rings. The second-order valence-electron chi connectivity index (χ2n) is 6.90. The van der Waals surface area contributed by atoms with Crippen LogP contribution in [0.5, 0.6) is 11.5 Å². The molecule has 31 heavy (non-hydrogen) atoms. The number of benzene rings is 2. The Morgan fingerprint density at radius 2 is 2.00 bits per heavy atom. The van der Waals surface area contributed by atoms with Gasteiger partial charge in [0, 0.05) is 28.2 Å². The highest BCUT2D eigenvalue weighted by Gasteiger charge is 2.44. The molecule has 158 valence electrons. The van der Waals surface area contributed by atoms with Crippen molar-refractivity contribution in [1.82, 2.24) is 9.88 Å². The molecular formula is C22H17ClN2O6. The quantitative estimate of drug-likeness (QED) is 0.493. The minimum absolute atomic E-state index is 0.0134. The van der Waals surface area contributed by atoms with E-state index in [0.29, 0.717) is 22.6 Å². The second-order valence-corrected chi connectivity index (χ2v) is 7.16. The lowest BCUT2D eigenvalue weighted by molar-refractivity contribution is -0.143. The number of hydrogen-bond acceptors (Lipinski definition) is 6. The maximum Gasteiger partial charge on any atom is 0.358 e. The number of ether oxygens (including phenoxy) is 4. The predicted molar refractivity (Wildman–Crippen MR) is 111 cm³/mol. The van der Waals surface area contributed by atoms with Gasteiger partial charge < -0.3 is 23.9 Å². The van der Waals surface area contributed by atoms with Crippen LogP contribution in [0.15, 0.2) is 54.4 Å². The van der Waals surface area contributed by atoms with Crippen LogP contribution in [0.3, 0.4) is 0 Å². The number of nitrogens with one attached hydrogen (secondary N) is 1. The normalized spacial score (nSPS) is 17.2. The van der Waals surface area contributed by atoms with Crippen LogP contribution in [0.1, 0.15) is 17.4 Å². The average Bonchev–Trinajstić information content (AvgIpc) is 3.53. The van der Waals surface area contributed by atoms with Gasteiger partial charge in [0.15, 0.2) is 23.0 Å². The summed E-state index contributed by atoms with van der Waals surface area (Å²) < 4.78 is 22.0. The van der Waals surface area contributed by atoms with E-state index in [4.69, 9.17) is 30.5 Å². The Kier molecular flexibility index (Phi) is 4.71. The molecular weight excluding hydrogens is 424 g/mol. The Hall–Kier alpha value is -3.65. The maximum atomic E-state index is 12.8. The lowest BCUT2D eigenvalue weighted by atomic mass is 10.1. The van der Waals surface area contributed by atoms with Crippen LogP contribution in [0.2, 0.25) is 0 Å². The number of alkyl halides is 1. The van der Waals surface area contributed by atoms with E-state index in [1.165, 1.54) is 12.0 Å². The SMILES string of the molecule is COC(=O)C1=C(c2c[nH]c3ccccc23)OC(c2ccc3c(c2)OCO3)N1C(=O)CCl. The highest BCUT2D eigenvalue weighted by molar-refractivity contribution is 6.28. The number of H-pyrrole nitrogens is 1. The molecule has 3 heterocycles. The minimum Gasteiger partial charge on any atom is -0.464 e. The number of amides is 1. The van der Waals surface area contributed by atoms with E-state index in [2.05, 4.69) is 4.98 Å². The zero-order valence-corrected chi connectivity index (χ0v) is 17.1. The highest BCUT2D eigenvalue weighted by Crippen LogP contribution is 2.45. The van der Waals surface area contributed by atoms with Crippen molar-refractivity contribution >= 4 is 40.1 Å². The molecule has 0 bridgehead atoms. The lowest BCUT2D eigenvalue weighted by Crippen LogP contribution is -2.35. The number of aromatic amines is 1. The summed E-state index contributed by atoms with van der Waals surface area (Å²) in [5, 5.41) is 0.837. The number of rotatable bonds is 4. The maximum absolute atomic E-state index is 12.8. The van der Waals surface area contributed by atoms with E-state index in [1.807, 2.05) is 24.3 Å². The molecule has 5 rings (SSSR count). The first-order valence-corrected chi connectivity index (χ1v) is 9.99. The summed E-state index contributed by atoms with van der Waals surface area (Å²) in [5.41, 5.74) is 2.07. The predicted octanol–water partition coefficient (Wildman–Crippen LogP) is 3.53. The number of fused-ring (bicyclic) bond motifs is 2. The van der Waals surface area contributed by atoms with Crippen LogP contribution < -0.4 is 9.47 Å². The third kappa shape index (κ3) is 3.07. The number of hydrogen-bond donors (Lipinski definition) is 1. The number of esters is 1. The molecule has 0 saturated carbocycles. The Balaban J connectivity index is 1.67. The van der Waals surface area contributed by atoms with Gasteiger partial charge in [-0.2, -0.15) is 0 Å². The number of carbonyl (C=O) groups is 2. The highest BCUT2D eigenvalue weighted by atomic mass is 35.5. The smallest absolute Gasteiger partial charge is 0.358 e. The first-order valence-electron chi connectivity index (χ1n) is 9.45. The van der Waals surface area contributed by atoms with E-state index in [1.54, 1.807) is 24.4 Å². The fraction of sp³-hybridized carbons (Fsp3) is 0.182. The summed E-state index contributed by atoms with van der Waals surface area (Å²) in [5.74, 6) is -0.201. The Morgan fingerprint density at radius 1 is 1.19 bits per heavy atom. The third-order valence-electron chi connectivity index (χ3n) is 5.20. The van der Waals surface area contributed by atoms with Crippen molar-refractivity contribution in [2.24, 2.45) is 0 Å². The fourth-order valence-electron chi connectivity index (χ4n) is 3.79. The van der Waals surface area contributed by atoms with Gasteiger partial charge >= 0.3 is 5.97 Å². The van der Waals surface area contributed by atoms with Gasteiger partial charge in [-0.15, -0.1) is 11.6 Å².